The monoisotopic (exact) mass is 271 g/mol. The fourth-order valence-corrected chi connectivity index (χ4v) is 1.85. The minimum Gasteiger partial charge on any atom is -0.395 e. The average Bonchev–Trinajstić information content (AvgIpc) is 2.42. The highest BCUT2D eigenvalue weighted by Crippen LogP contribution is 2.17. The summed E-state index contributed by atoms with van der Waals surface area (Å²) in [6.45, 7) is 2.60. The molecule has 0 bridgehead atoms. The van der Waals surface area contributed by atoms with Gasteiger partial charge in [-0.2, -0.15) is 0 Å². The Balaban J connectivity index is 2.41. The normalized spacial score (nSPS) is 12.9. The van der Waals surface area contributed by atoms with Crippen LogP contribution in [0.3, 0.4) is 0 Å². The lowest BCUT2D eigenvalue weighted by atomic mass is 10.1. The summed E-state index contributed by atoms with van der Waals surface area (Å²) in [5.41, 5.74) is 0.706. The predicted molar refractivity (Wildman–Crippen MR) is 71.4 cm³/mol. The zero-order valence-electron chi connectivity index (χ0n) is 11.3. The summed E-state index contributed by atoms with van der Waals surface area (Å²) in [6, 6.07) is 5.86. The van der Waals surface area contributed by atoms with Gasteiger partial charge in [-0.05, 0) is 24.1 Å². The summed E-state index contributed by atoms with van der Waals surface area (Å²) in [6.07, 6.45) is -0.0839. The number of rotatable bonds is 9. The van der Waals surface area contributed by atoms with E-state index in [0.717, 1.165) is 0 Å². The molecule has 2 N–H and O–H groups in total. The molecular weight excluding hydrogens is 249 g/mol. The van der Waals surface area contributed by atoms with Gasteiger partial charge in [0.05, 0.1) is 19.3 Å². The summed E-state index contributed by atoms with van der Waals surface area (Å²) in [5.74, 6) is -0.307. The second-order valence-electron chi connectivity index (χ2n) is 4.41. The number of methoxy groups -OCH3 is 1. The molecule has 1 aromatic rings. The van der Waals surface area contributed by atoms with Crippen LogP contribution in [0.25, 0.3) is 0 Å². The summed E-state index contributed by atoms with van der Waals surface area (Å²) in [4.78, 5) is 2.02. The van der Waals surface area contributed by atoms with Crippen LogP contribution in [0.15, 0.2) is 24.3 Å². The van der Waals surface area contributed by atoms with E-state index in [9.17, 15) is 9.50 Å². The van der Waals surface area contributed by atoms with Crippen LogP contribution in [0, 0.1) is 5.82 Å². The number of nitrogens with zero attached hydrogens (tertiary/aromatic N) is 1. The molecule has 0 aliphatic heterocycles. The van der Waals surface area contributed by atoms with Crippen LogP contribution in [-0.4, -0.2) is 55.1 Å². The van der Waals surface area contributed by atoms with Gasteiger partial charge in [-0.25, -0.2) is 4.39 Å². The third kappa shape index (κ3) is 6.11. The molecule has 5 heteroatoms. The summed E-state index contributed by atoms with van der Waals surface area (Å²) in [7, 11) is 1.63. The zero-order chi connectivity index (χ0) is 14.1. The van der Waals surface area contributed by atoms with E-state index in [1.807, 2.05) is 4.90 Å². The van der Waals surface area contributed by atoms with E-state index in [1.165, 1.54) is 12.1 Å². The first kappa shape index (κ1) is 16.0. The van der Waals surface area contributed by atoms with Gasteiger partial charge < -0.3 is 14.9 Å². The van der Waals surface area contributed by atoms with Crippen molar-refractivity contribution in [1.29, 1.82) is 0 Å². The van der Waals surface area contributed by atoms with Crippen molar-refractivity contribution in [3.8, 4) is 0 Å². The maximum absolute atomic E-state index is 12.8. The van der Waals surface area contributed by atoms with Crippen LogP contribution < -0.4 is 0 Å². The number of benzene rings is 1. The third-order valence-corrected chi connectivity index (χ3v) is 3.00. The smallest absolute Gasteiger partial charge is 0.123 e. The van der Waals surface area contributed by atoms with E-state index in [0.29, 0.717) is 38.2 Å². The molecule has 1 rings (SSSR count). The molecule has 0 fully saturated rings. The highest BCUT2D eigenvalue weighted by molar-refractivity contribution is 5.18. The van der Waals surface area contributed by atoms with Crippen LogP contribution in [0.5, 0.6) is 0 Å². The first-order chi connectivity index (χ1) is 9.17. The molecule has 1 unspecified atom stereocenters. The molecule has 0 saturated carbocycles. The van der Waals surface area contributed by atoms with Gasteiger partial charge in [0.15, 0.2) is 0 Å². The Morgan fingerprint density at radius 3 is 2.47 bits per heavy atom. The van der Waals surface area contributed by atoms with Crippen LogP contribution in [0.1, 0.15) is 18.1 Å². The number of hydrogen-bond acceptors (Lipinski definition) is 4. The lowest BCUT2D eigenvalue weighted by Crippen LogP contribution is -2.32. The van der Waals surface area contributed by atoms with Crippen LogP contribution >= 0.6 is 0 Å². The molecule has 0 radical (unpaired) electrons. The van der Waals surface area contributed by atoms with E-state index in [1.54, 1.807) is 19.2 Å². The summed E-state index contributed by atoms with van der Waals surface area (Å²) >= 11 is 0. The molecular formula is C14H22FNO3. The van der Waals surface area contributed by atoms with Gasteiger partial charge in [0.2, 0.25) is 0 Å². The molecule has 0 aliphatic carbocycles. The Kier molecular flexibility index (Phi) is 7.59. The number of hydrogen-bond donors (Lipinski definition) is 2. The fourth-order valence-electron chi connectivity index (χ4n) is 1.85. The van der Waals surface area contributed by atoms with Gasteiger partial charge in [0, 0.05) is 26.7 Å². The second-order valence-corrected chi connectivity index (χ2v) is 4.41. The van der Waals surface area contributed by atoms with E-state index in [-0.39, 0.29) is 12.4 Å². The Morgan fingerprint density at radius 2 is 1.89 bits per heavy atom. The van der Waals surface area contributed by atoms with Gasteiger partial charge in [-0.3, -0.25) is 4.90 Å². The Morgan fingerprint density at radius 1 is 1.21 bits per heavy atom. The molecule has 0 saturated heterocycles. The molecule has 0 spiro atoms. The third-order valence-electron chi connectivity index (χ3n) is 3.00. The van der Waals surface area contributed by atoms with Gasteiger partial charge in [0.1, 0.15) is 5.82 Å². The van der Waals surface area contributed by atoms with Gasteiger partial charge in [-0.1, -0.05) is 12.1 Å². The van der Waals surface area contributed by atoms with Crippen LogP contribution in [-0.2, 0) is 4.74 Å². The molecule has 0 amide bonds. The molecule has 1 aromatic carbocycles. The molecule has 0 aliphatic rings. The van der Waals surface area contributed by atoms with Crippen molar-refractivity contribution in [1.82, 2.24) is 4.90 Å². The first-order valence-electron chi connectivity index (χ1n) is 6.43. The Bertz CT molecular complexity index is 345. The molecule has 108 valence electrons. The lowest BCUT2D eigenvalue weighted by Gasteiger charge is -2.22. The van der Waals surface area contributed by atoms with Crippen molar-refractivity contribution in [2.45, 2.75) is 12.5 Å². The fraction of sp³-hybridized carbons (Fsp3) is 0.571. The Labute approximate surface area is 113 Å². The van der Waals surface area contributed by atoms with Gasteiger partial charge in [-0.15, -0.1) is 0 Å². The van der Waals surface area contributed by atoms with E-state index >= 15 is 0 Å². The van der Waals surface area contributed by atoms with Crippen molar-refractivity contribution < 1.29 is 19.3 Å². The van der Waals surface area contributed by atoms with Gasteiger partial charge >= 0.3 is 0 Å². The largest absolute Gasteiger partial charge is 0.395 e. The van der Waals surface area contributed by atoms with Gasteiger partial charge in [0.25, 0.3) is 0 Å². The lowest BCUT2D eigenvalue weighted by molar-refractivity contribution is 0.105. The SMILES string of the molecule is COCCN(CCO)CCC(O)c1ccc(F)cc1. The minimum absolute atomic E-state index is 0.0797. The van der Waals surface area contributed by atoms with Crippen LogP contribution in [0.4, 0.5) is 4.39 Å². The summed E-state index contributed by atoms with van der Waals surface area (Å²) < 4.78 is 17.8. The molecule has 19 heavy (non-hydrogen) atoms. The van der Waals surface area contributed by atoms with Crippen LogP contribution in [0.2, 0.25) is 0 Å². The topological polar surface area (TPSA) is 52.9 Å². The number of halogens is 1. The van der Waals surface area contributed by atoms with Crippen molar-refractivity contribution in [3.05, 3.63) is 35.6 Å². The quantitative estimate of drug-likeness (QED) is 0.708. The maximum atomic E-state index is 12.8. The van der Waals surface area contributed by atoms with Crippen molar-refractivity contribution >= 4 is 0 Å². The number of aliphatic hydroxyl groups is 2. The Hall–Kier alpha value is -1.01. The molecule has 4 nitrogen and oxygen atoms in total. The minimum atomic E-state index is -0.621. The van der Waals surface area contributed by atoms with Crippen molar-refractivity contribution in [2.24, 2.45) is 0 Å². The predicted octanol–water partition coefficient (Wildman–Crippen LogP) is 1.19. The molecule has 0 heterocycles. The van der Waals surface area contributed by atoms with E-state index in [4.69, 9.17) is 9.84 Å². The van der Waals surface area contributed by atoms with E-state index in [2.05, 4.69) is 0 Å². The number of aliphatic hydroxyl groups excluding tert-OH is 2. The summed E-state index contributed by atoms with van der Waals surface area (Å²) in [5, 5.41) is 19.0. The van der Waals surface area contributed by atoms with Crippen molar-refractivity contribution in [3.63, 3.8) is 0 Å². The first-order valence-corrected chi connectivity index (χ1v) is 6.43. The standard InChI is InChI=1S/C14H22FNO3/c1-19-11-9-16(8-10-17)7-6-14(18)12-2-4-13(15)5-3-12/h2-5,14,17-18H,6-11H2,1H3. The highest BCUT2D eigenvalue weighted by atomic mass is 19.1. The average molecular weight is 271 g/mol. The second kappa shape index (κ2) is 8.98. The highest BCUT2D eigenvalue weighted by Gasteiger charge is 2.11. The van der Waals surface area contributed by atoms with Crippen molar-refractivity contribution in [2.75, 3.05) is 40.0 Å². The number of ether oxygens (including phenoxy) is 1. The molecule has 0 aromatic heterocycles. The zero-order valence-corrected chi connectivity index (χ0v) is 11.3. The van der Waals surface area contributed by atoms with E-state index < -0.39 is 6.10 Å². The maximum Gasteiger partial charge on any atom is 0.123 e. The molecule has 1 atom stereocenters.